The fourth-order valence-corrected chi connectivity index (χ4v) is 2.08. The monoisotopic (exact) mass is 284 g/mol. The third kappa shape index (κ3) is 4.93. The maximum Gasteiger partial charge on any atom is 0.253 e. The predicted octanol–water partition coefficient (Wildman–Crippen LogP) is 2.41. The highest BCUT2D eigenvalue weighted by Gasteiger charge is 2.03. The lowest BCUT2D eigenvalue weighted by Gasteiger charge is -2.07. The quantitative estimate of drug-likeness (QED) is 0.540. The van der Waals surface area contributed by atoms with Gasteiger partial charge in [0.25, 0.3) is 5.91 Å². The number of amides is 1. The van der Waals surface area contributed by atoms with Gasteiger partial charge in [0.05, 0.1) is 0 Å². The molecule has 0 spiro atoms. The van der Waals surface area contributed by atoms with Gasteiger partial charge in [-0.05, 0) is 42.7 Å². The first-order valence-corrected chi connectivity index (χ1v) is 7.06. The lowest BCUT2D eigenvalue weighted by Crippen LogP contribution is -2.23. The van der Waals surface area contributed by atoms with Gasteiger partial charge in [-0.2, -0.15) is 0 Å². The maximum absolute atomic E-state index is 11.5. The second-order valence-electron chi connectivity index (χ2n) is 4.76. The molecule has 0 saturated heterocycles. The standard InChI is InChI=1S/C17H20N2O2/c20-13-19-17(21)15-8-10-16(11-9-15)18-12-4-7-14-5-2-1-3-6-14/h1-3,5-6,8-11,18,20H,4,7,12-13H2,(H,19,21). The lowest BCUT2D eigenvalue weighted by molar-refractivity contribution is 0.0910. The molecule has 0 unspecified atom stereocenters. The second kappa shape index (κ2) is 8.07. The molecule has 0 fully saturated rings. The number of benzene rings is 2. The van der Waals surface area contributed by atoms with Gasteiger partial charge in [0.1, 0.15) is 6.73 Å². The number of aliphatic hydroxyl groups excluding tert-OH is 1. The second-order valence-corrected chi connectivity index (χ2v) is 4.76. The van der Waals surface area contributed by atoms with Gasteiger partial charge >= 0.3 is 0 Å². The van der Waals surface area contributed by atoms with E-state index < -0.39 is 0 Å². The van der Waals surface area contributed by atoms with Gasteiger partial charge in [-0.15, -0.1) is 0 Å². The largest absolute Gasteiger partial charge is 0.385 e. The Hall–Kier alpha value is -2.33. The highest BCUT2D eigenvalue weighted by atomic mass is 16.3. The molecule has 2 aromatic rings. The van der Waals surface area contributed by atoms with Gasteiger partial charge in [0, 0.05) is 17.8 Å². The fourth-order valence-electron chi connectivity index (χ4n) is 2.08. The van der Waals surface area contributed by atoms with Crippen LogP contribution in [0.15, 0.2) is 54.6 Å². The summed E-state index contributed by atoms with van der Waals surface area (Å²) in [6.07, 6.45) is 2.10. The van der Waals surface area contributed by atoms with Crippen molar-refractivity contribution in [3.05, 3.63) is 65.7 Å². The summed E-state index contributed by atoms with van der Waals surface area (Å²) in [6, 6.07) is 17.6. The summed E-state index contributed by atoms with van der Waals surface area (Å²) in [6.45, 7) is 0.537. The van der Waals surface area contributed by atoms with Crippen molar-refractivity contribution in [3.8, 4) is 0 Å². The first-order valence-electron chi connectivity index (χ1n) is 7.06. The third-order valence-corrected chi connectivity index (χ3v) is 3.20. The smallest absolute Gasteiger partial charge is 0.253 e. The van der Waals surface area contributed by atoms with Crippen molar-refractivity contribution < 1.29 is 9.90 Å². The third-order valence-electron chi connectivity index (χ3n) is 3.20. The SMILES string of the molecule is O=C(NCO)c1ccc(NCCCc2ccccc2)cc1. The van der Waals surface area contributed by atoms with Crippen molar-refractivity contribution in [2.24, 2.45) is 0 Å². The normalized spacial score (nSPS) is 10.1. The Morgan fingerprint density at radius 1 is 1.00 bits per heavy atom. The van der Waals surface area contributed by atoms with Crippen LogP contribution in [0.2, 0.25) is 0 Å². The molecular formula is C17H20N2O2. The molecule has 110 valence electrons. The Kier molecular flexibility index (Phi) is 5.79. The van der Waals surface area contributed by atoms with Crippen LogP contribution in [0.3, 0.4) is 0 Å². The lowest BCUT2D eigenvalue weighted by atomic mass is 10.1. The fraction of sp³-hybridized carbons (Fsp3) is 0.235. The van der Waals surface area contributed by atoms with E-state index in [2.05, 4.69) is 34.9 Å². The van der Waals surface area contributed by atoms with E-state index in [0.717, 1.165) is 25.1 Å². The van der Waals surface area contributed by atoms with Crippen LogP contribution in [0.1, 0.15) is 22.3 Å². The van der Waals surface area contributed by atoms with Crippen molar-refractivity contribution in [2.75, 3.05) is 18.6 Å². The minimum absolute atomic E-state index is 0.270. The topological polar surface area (TPSA) is 61.4 Å². The average Bonchev–Trinajstić information content (AvgIpc) is 2.53. The number of rotatable bonds is 7. The summed E-state index contributed by atoms with van der Waals surface area (Å²) in [5.74, 6) is -0.270. The van der Waals surface area contributed by atoms with E-state index in [9.17, 15) is 4.79 Å². The van der Waals surface area contributed by atoms with E-state index in [-0.39, 0.29) is 12.6 Å². The van der Waals surface area contributed by atoms with Crippen molar-refractivity contribution in [1.29, 1.82) is 0 Å². The molecule has 2 aromatic carbocycles. The molecule has 0 saturated carbocycles. The van der Waals surface area contributed by atoms with Crippen molar-refractivity contribution >= 4 is 11.6 Å². The molecule has 0 heterocycles. The number of nitrogens with one attached hydrogen (secondary N) is 2. The zero-order valence-electron chi connectivity index (χ0n) is 11.9. The van der Waals surface area contributed by atoms with Crippen LogP contribution in [-0.2, 0) is 6.42 Å². The molecule has 21 heavy (non-hydrogen) atoms. The van der Waals surface area contributed by atoms with Crippen LogP contribution in [-0.4, -0.2) is 24.3 Å². The molecule has 0 aromatic heterocycles. The van der Waals surface area contributed by atoms with Crippen molar-refractivity contribution in [1.82, 2.24) is 5.32 Å². The first-order chi connectivity index (χ1) is 10.3. The molecule has 3 N–H and O–H groups in total. The molecule has 0 aliphatic heterocycles. The number of hydrogen-bond donors (Lipinski definition) is 3. The predicted molar refractivity (Wildman–Crippen MR) is 84.2 cm³/mol. The molecule has 0 atom stereocenters. The maximum atomic E-state index is 11.5. The summed E-state index contributed by atoms with van der Waals surface area (Å²) in [7, 11) is 0. The highest BCUT2D eigenvalue weighted by Crippen LogP contribution is 2.10. The molecule has 0 bridgehead atoms. The molecular weight excluding hydrogens is 264 g/mol. The number of carbonyl (C=O) groups excluding carboxylic acids is 1. The molecule has 1 amide bonds. The Morgan fingerprint density at radius 3 is 2.38 bits per heavy atom. The number of aliphatic hydroxyl groups is 1. The van der Waals surface area contributed by atoms with Crippen LogP contribution in [0.4, 0.5) is 5.69 Å². The van der Waals surface area contributed by atoms with E-state index in [1.165, 1.54) is 5.56 Å². The van der Waals surface area contributed by atoms with Crippen molar-refractivity contribution in [2.45, 2.75) is 12.8 Å². The van der Waals surface area contributed by atoms with Crippen LogP contribution in [0, 0.1) is 0 Å². The molecule has 4 heteroatoms. The summed E-state index contributed by atoms with van der Waals surface area (Å²) in [5, 5.41) is 14.3. The van der Waals surface area contributed by atoms with Crippen LogP contribution >= 0.6 is 0 Å². The van der Waals surface area contributed by atoms with Gasteiger partial charge in [-0.25, -0.2) is 0 Å². The highest BCUT2D eigenvalue weighted by molar-refractivity contribution is 5.94. The van der Waals surface area contributed by atoms with Gasteiger partial charge in [-0.1, -0.05) is 30.3 Å². The number of carbonyl (C=O) groups is 1. The molecule has 4 nitrogen and oxygen atoms in total. The molecule has 2 rings (SSSR count). The Morgan fingerprint density at radius 2 is 1.71 bits per heavy atom. The van der Waals surface area contributed by atoms with E-state index in [0.29, 0.717) is 5.56 Å². The van der Waals surface area contributed by atoms with E-state index >= 15 is 0 Å². The summed E-state index contributed by atoms with van der Waals surface area (Å²) >= 11 is 0. The van der Waals surface area contributed by atoms with E-state index in [4.69, 9.17) is 5.11 Å². The van der Waals surface area contributed by atoms with Crippen LogP contribution < -0.4 is 10.6 Å². The van der Waals surface area contributed by atoms with Crippen LogP contribution in [0.25, 0.3) is 0 Å². The Balaban J connectivity index is 1.75. The van der Waals surface area contributed by atoms with Gasteiger partial charge in [0.2, 0.25) is 0 Å². The van der Waals surface area contributed by atoms with Gasteiger partial charge in [0.15, 0.2) is 0 Å². The molecule has 0 radical (unpaired) electrons. The Bertz CT molecular complexity index is 553. The zero-order chi connectivity index (χ0) is 14.9. The van der Waals surface area contributed by atoms with Gasteiger partial charge in [-0.3, -0.25) is 4.79 Å². The number of aryl methyl sites for hydroxylation is 1. The summed E-state index contributed by atoms with van der Waals surface area (Å²) in [4.78, 5) is 11.5. The Labute approximate surface area is 124 Å². The number of anilines is 1. The first kappa shape index (κ1) is 15.1. The van der Waals surface area contributed by atoms with Gasteiger partial charge < -0.3 is 15.7 Å². The zero-order valence-corrected chi connectivity index (χ0v) is 11.9. The number of hydrogen-bond acceptors (Lipinski definition) is 3. The summed E-state index contributed by atoms with van der Waals surface area (Å²) in [5.41, 5.74) is 2.87. The average molecular weight is 284 g/mol. The molecule has 0 aliphatic carbocycles. The van der Waals surface area contributed by atoms with Crippen molar-refractivity contribution in [3.63, 3.8) is 0 Å². The van der Waals surface area contributed by atoms with Crippen LogP contribution in [0.5, 0.6) is 0 Å². The minimum atomic E-state index is -0.349. The minimum Gasteiger partial charge on any atom is -0.385 e. The molecule has 0 aliphatic rings. The van der Waals surface area contributed by atoms with E-state index in [1.807, 2.05) is 18.2 Å². The van der Waals surface area contributed by atoms with E-state index in [1.54, 1.807) is 12.1 Å². The summed E-state index contributed by atoms with van der Waals surface area (Å²) < 4.78 is 0.